The minimum atomic E-state index is -4.48. The van der Waals surface area contributed by atoms with Crippen LogP contribution in [0.5, 0.6) is 0 Å². The maximum atomic E-state index is 12.5. The summed E-state index contributed by atoms with van der Waals surface area (Å²) in [5.74, 6) is -1.07. The molecule has 7 heteroatoms. The maximum absolute atomic E-state index is 12.5. The lowest BCUT2D eigenvalue weighted by molar-refractivity contribution is -0.145. The van der Waals surface area contributed by atoms with Crippen LogP contribution in [0.2, 0.25) is 0 Å². The highest BCUT2D eigenvalue weighted by molar-refractivity contribution is 5.17. The van der Waals surface area contributed by atoms with E-state index in [4.69, 9.17) is 0 Å². The lowest BCUT2D eigenvalue weighted by Gasteiger charge is -2.31. The van der Waals surface area contributed by atoms with Gasteiger partial charge in [-0.3, -0.25) is 4.90 Å². The maximum Gasteiger partial charge on any atom is 0.451 e. The topological polar surface area (TPSA) is 41.1 Å². The van der Waals surface area contributed by atoms with Gasteiger partial charge in [0.2, 0.25) is 5.82 Å². The van der Waals surface area contributed by atoms with E-state index in [1.54, 1.807) is 6.92 Å². The Balaban J connectivity index is 2.09. The second kappa shape index (κ2) is 5.42. The van der Waals surface area contributed by atoms with E-state index >= 15 is 0 Å². The van der Waals surface area contributed by atoms with Crippen molar-refractivity contribution < 1.29 is 13.2 Å². The van der Waals surface area contributed by atoms with Gasteiger partial charge in [-0.05, 0) is 13.8 Å². The van der Waals surface area contributed by atoms with Crippen molar-refractivity contribution in [1.29, 1.82) is 0 Å². The molecule has 1 unspecified atom stereocenters. The summed E-state index contributed by atoms with van der Waals surface area (Å²) in [4.78, 5) is 9.16. The molecule has 1 saturated heterocycles. The summed E-state index contributed by atoms with van der Waals surface area (Å²) in [6, 6.07) is 0.393. The number of nitrogens with zero attached hydrogens (tertiary/aromatic N) is 3. The van der Waals surface area contributed by atoms with Crippen LogP contribution in [0.3, 0.4) is 0 Å². The number of aryl methyl sites for hydroxylation is 1. The number of nitrogens with one attached hydrogen (secondary N) is 1. The molecule has 1 aliphatic heterocycles. The molecule has 0 bridgehead atoms. The predicted octanol–water partition coefficient (Wildman–Crippen LogP) is 1.60. The van der Waals surface area contributed by atoms with Gasteiger partial charge in [0, 0.05) is 49.7 Å². The molecule has 4 nitrogen and oxygen atoms in total. The molecule has 2 rings (SSSR count). The van der Waals surface area contributed by atoms with Gasteiger partial charge in [0.15, 0.2) is 0 Å². The summed E-state index contributed by atoms with van der Waals surface area (Å²) in [7, 11) is 0. The predicted molar refractivity (Wildman–Crippen MR) is 64.5 cm³/mol. The first-order chi connectivity index (χ1) is 8.86. The average Bonchev–Trinajstić information content (AvgIpc) is 2.30. The van der Waals surface area contributed by atoms with Gasteiger partial charge in [0.25, 0.3) is 0 Å². The number of hydrogen-bond acceptors (Lipinski definition) is 4. The summed E-state index contributed by atoms with van der Waals surface area (Å²) in [6.07, 6.45) is -3.19. The van der Waals surface area contributed by atoms with Crippen LogP contribution < -0.4 is 5.32 Å². The van der Waals surface area contributed by atoms with Gasteiger partial charge in [0.05, 0.1) is 0 Å². The normalized spacial score (nSPS) is 21.6. The van der Waals surface area contributed by atoms with Crippen LogP contribution in [0, 0.1) is 6.92 Å². The van der Waals surface area contributed by atoms with Crippen molar-refractivity contribution in [3.05, 3.63) is 23.3 Å². The van der Waals surface area contributed by atoms with Gasteiger partial charge in [-0.1, -0.05) is 0 Å². The highest BCUT2D eigenvalue weighted by Gasteiger charge is 2.34. The van der Waals surface area contributed by atoms with Crippen molar-refractivity contribution in [1.82, 2.24) is 20.2 Å². The molecule has 0 amide bonds. The van der Waals surface area contributed by atoms with E-state index in [9.17, 15) is 13.2 Å². The van der Waals surface area contributed by atoms with Crippen LogP contribution in [-0.2, 0) is 12.7 Å². The third-order valence-corrected chi connectivity index (χ3v) is 3.18. The molecule has 1 N–H and O–H groups in total. The highest BCUT2D eigenvalue weighted by atomic mass is 19.4. The number of halogens is 3. The molecule has 0 spiro atoms. The number of rotatable bonds is 2. The van der Waals surface area contributed by atoms with Crippen LogP contribution in [0.1, 0.15) is 24.0 Å². The zero-order valence-corrected chi connectivity index (χ0v) is 11.0. The van der Waals surface area contributed by atoms with Crippen molar-refractivity contribution in [2.45, 2.75) is 32.6 Å². The molecule has 0 aliphatic carbocycles. The van der Waals surface area contributed by atoms with E-state index in [1.165, 1.54) is 6.20 Å². The number of alkyl halides is 3. The molecule has 1 aromatic heterocycles. The first-order valence-electron chi connectivity index (χ1n) is 6.21. The monoisotopic (exact) mass is 274 g/mol. The fourth-order valence-electron chi connectivity index (χ4n) is 2.18. The summed E-state index contributed by atoms with van der Waals surface area (Å²) >= 11 is 0. The fourth-order valence-corrected chi connectivity index (χ4v) is 2.18. The fraction of sp³-hybridized carbons (Fsp3) is 0.667. The van der Waals surface area contributed by atoms with E-state index in [0.29, 0.717) is 18.3 Å². The summed E-state index contributed by atoms with van der Waals surface area (Å²) in [5.41, 5.74) is 1.15. The van der Waals surface area contributed by atoms with Gasteiger partial charge in [0.1, 0.15) is 0 Å². The molecule has 1 aliphatic rings. The second-order valence-electron chi connectivity index (χ2n) is 4.89. The van der Waals surface area contributed by atoms with Gasteiger partial charge >= 0.3 is 6.18 Å². The summed E-state index contributed by atoms with van der Waals surface area (Å²) in [6.45, 7) is 6.92. The lowest BCUT2D eigenvalue weighted by Crippen LogP contribution is -2.48. The Morgan fingerprint density at radius 1 is 1.47 bits per heavy atom. The Hall–Kier alpha value is -1.21. The third-order valence-electron chi connectivity index (χ3n) is 3.18. The number of hydrogen-bond donors (Lipinski definition) is 1. The SMILES string of the molecule is Cc1nc(C(F)(F)F)ncc1CN1CCNC(C)C1. The molecule has 1 atom stereocenters. The minimum Gasteiger partial charge on any atom is -0.312 e. The van der Waals surface area contributed by atoms with Gasteiger partial charge in [-0.25, -0.2) is 9.97 Å². The van der Waals surface area contributed by atoms with Crippen molar-refractivity contribution in [2.75, 3.05) is 19.6 Å². The molecule has 2 heterocycles. The number of aromatic nitrogens is 2. The molecule has 0 aromatic carbocycles. The van der Waals surface area contributed by atoms with Crippen LogP contribution in [0.4, 0.5) is 13.2 Å². The Morgan fingerprint density at radius 3 is 2.79 bits per heavy atom. The minimum absolute atomic E-state index is 0.393. The number of piperazine rings is 1. The highest BCUT2D eigenvalue weighted by Crippen LogP contribution is 2.26. The standard InChI is InChI=1S/C12H17F3N4/c1-8-6-19(4-3-16-8)7-10-5-17-11(12(13,14)15)18-9(10)2/h5,8,16H,3-4,6-7H2,1-2H3. The van der Waals surface area contributed by atoms with E-state index in [1.807, 2.05) is 0 Å². The van der Waals surface area contributed by atoms with Crippen molar-refractivity contribution in [3.63, 3.8) is 0 Å². The van der Waals surface area contributed by atoms with Crippen LogP contribution in [0.15, 0.2) is 6.20 Å². The van der Waals surface area contributed by atoms with Gasteiger partial charge in [-0.15, -0.1) is 0 Å². The second-order valence-corrected chi connectivity index (χ2v) is 4.89. The molecular weight excluding hydrogens is 257 g/mol. The van der Waals surface area contributed by atoms with E-state index in [0.717, 1.165) is 25.2 Å². The van der Waals surface area contributed by atoms with Crippen LogP contribution >= 0.6 is 0 Å². The first-order valence-corrected chi connectivity index (χ1v) is 6.21. The van der Waals surface area contributed by atoms with Gasteiger partial charge in [-0.2, -0.15) is 13.2 Å². The first kappa shape index (κ1) is 14.2. The molecule has 106 valence electrons. The Morgan fingerprint density at radius 2 is 2.21 bits per heavy atom. The third kappa shape index (κ3) is 3.63. The largest absolute Gasteiger partial charge is 0.451 e. The smallest absolute Gasteiger partial charge is 0.312 e. The Labute approximate surface area is 110 Å². The molecule has 1 aromatic rings. The zero-order valence-electron chi connectivity index (χ0n) is 11.0. The molecule has 1 fully saturated rings. The Bertz CT molecular complexity index is 447. The van der Waals surface area contributed by atoms with Gasteiger partial charge < -0.3 is 5.32 Å². The van der Waals surface area contributed by atoms with Crippen LogP contribution in [-0.4, -0.2) is 40.5 Å². The average molecular weight is 274 g/mol. The quantitative estimate of drug-likeness (QED) is 0.889. The van der Waals surface area contributed by atoms with Crippen molar-refractivity contribution in [3.8, 4) is 0 Å². The molecular formula is C12H17F3N4. The van der Waals surface area contributed by atoms with Crippen molar-refractivity contribution in [2.24, 2.45) is 0 Å². The molecule has 0 saturated carbocycles. The lowest BCUT2D eigenvalue weighted by atomic mass is 10.2. The summed E-state index contributed by atoms with van der Waals surface area (Å²) < 4.78 is 37.4. The molecule has 19 heavy (non-hydrogen) atoms. The van der Waals surface area contributed by atoms with E-state index in [-0.39, 0.29) is 0 Å². The Kier molecular flexibility index (Phi) is 4.05. The van der Waals surface area contributed by atoms with E-state index in [2.05, 4.69) is 27.1 Å². The van der Waals surface area contributed by atoms with Crippen molar-refractivity contribution >= 4 is 0 Å². The zero-order chi connectivity index (χ0) is 14.0. The van der Waals surface area contributed by atoms with E-state index < -0.39 is 12.0 Å². The van der Waals surface area contributed by atoms with Crippen LogP contribution in [0.25, 0.3) is 0 Å². The summed E-state index contributed by atoms with van der Waals surface area (Å²) in [5, 5.41) is 3.32. The molecule has 0 radical (unpaired) electrons.